The molecule has 0 radical (unpaired) electrons. The van der Waals surface area contributed by atoms with Crippen LogP contribution in [0.25, 0.3) is 0 Å². The molecule has 0 atom stereocenters. The third-order valence-electron chi connectivity index (χ3n) is 6.16. The van der Waals surface area contributed by atoms with Crippen LogP contribution in [0.2, 0.25) is 0 Å². The number of likely N-dealkylation sites (N-methyl/N-ethyl adjacent to an activating group) is 1. The average Bonchev–Trinajstić information content (AvgIpc) is 3.27. The summed E-state index contributed by atoms with van der Waals surface area (Å²) in [6.45, 7) is 11.2. The summed E-state index contributed by atoms with van der Waals surface area (Å²) in [5.41, 5.74) is 1.54. The minimum absolute atomic E-state index is 0.0345. The highest BCUT2D eigenvalue weighted by molar-refractivity contribution is 5.97. The number of ether oxygens (including phenoxy) is 2. The monoisotopic (exact) mass is 400 g/mol. The maximum atomic E-state index is 13.2. The Labute approximate surface area is 175 Å². The van der Waals surface area contributed by atoms with Crippen molar-refractivity contribution in [2.24, 2.45) is 0 Å². The number of nitrogens with zero attached hydrogens (tertiary/aromatic N) is 2. The molecule has 29 heavy (non-hydrogen) atoms. The van der Waals surface area contributed by atoms with E-state index in [1.807, 2.05) is 26.0 Å². The van der Waals surface area contributed by atoms with E-state index in [1.165, 1.54) is 25.7 Å². The average molecular weight is 401 g/mol. The largest absolute Gasteiger partial charge is 0.497 e. The number of rotatable bonds is 8. The fraction of sp³-hybridized carbons (Fsp3) is 0.625. The highest BCUT2D eigenvalue weighted by Gasteiger charge is 2.29. The SMILES string of the molecule is C=C(C)CN(CC)C(=O)c1cc(OC)ccc1OC1CCN(C2CCCC2)CC1. The highest BCUT2D eigenvalue weighted by atomic mass is 16.5. The Morgan fingerprint density at radius 3 is 2.48 bits per heavy atom. The van der Waals surface area contributed by atoms with E-state index in [0.29, 0.717) is 30.2 Å². The third kappa shape index (κ3) is 5.53. The molecule has 5 heteroatoms. The van der Waals surface area contributed by atoms with E-state index in [0.717, 1.165) is 37.5 Å². The first kappa shape index (κ1) is 21.7. The molecule has 1 aromatic carbocycles. The van der Waals surface area contributed by atoms with Crippen molar-refractivity contribution in [3.8, 4) is 11.5 Å². The van der Waals surface area contributed by atoms with Gasteiger partial charge in [0.25, 0.3) is 5.91 Å². The zero-order valence-electron chi connectivity index (χ0n) is 18.3. The Morgan fingerprint density at radius 1 is 1.21 bits per heavy atom. The molecule has 0 spiro atoms. The summed E-state index contributed by atoms with van der Waals surface area (Å²) in [6, 6.07) is 6.32. The van der Waals surface area contributed by atoms with Gasteiger partial charge in [0.15, 0.2) is 0 Å². The van der Waals surface area contributed by atoms with Crippen molar-refractivity contribution in [2.45, 2.75) is 64.5 Å². The molecular weight excluding hydrogens is 364 g/mol. The molecule has 1 saturated heterocycles. The second kappa shape index (κ2) is 10.1. The Balaban J connectivity index is 1.70. The molecule has 2 aliphatic rings. The summed E-state index contributed by atoms with van der Waals surface area (Å²) < 4.78 is 11.7. The molecule has 0 unspecified atom stereocenters. The number of benzene rings is 1. The van der Waals surface area contributed by atoms with Crippen molar-refractivity contribution in [1.82, 2.24) is 9.80 Å². The van der Waals surface area contributed by atoms with Gasteiger partial charge in [-0.2, -0.15) is 0 Å². The summed E-state index contributed by atoms with van der Waals surface area (Å²) in [7, 11) is 1.62. The Bertz CT molecular complexity index is 704. The molecule has 1 aromatic rings. The van der Waals surface area contributed by atoms with Gasteiger partial charge in [0.05, 0.1) is 12.7 Å². The quantitative estimate of drug-likeness (QED) is 0.602. The number of carbonyl (C=O) groups excluding carboxylic acids is 1. The van der Waals surface area contributed by atoms with Crippen LogP contribution in [0.4, 0.5) is 0 Å². The fourth-order valence-corrected chi connectivity index (χ4v) is 4.54. The van der Waals surface area contributed by atoms with E-state index in [2.05, 4.69) is 11.5 Å². The minimum Gasteiger partial charge on any atom is -0.497 e. The molecule has 2 fully saturated rings. The maximum Gasteiger partial charge on any atom is 0.258 e. The van der Waals surface area contributed by atoms with Gasteiger partial charge < -0.3 is 19.3 Å². The van der Waals surface area contributed by atoms with E-state index < -0.39 is 0 Å². The van der Waals surface area contributed by atoms with Gasteiger partial charge in [-0.05, 0) is 57.7 Å². The fourth-order valence-electron chi connectivity index (χ4n) is 4.54. The first-order valence-corrected chi connectivity index (χ1v) is 11.0. The van der Waals surface area contributed by atoms with Crippen molar-refractivity contribution in [3.63, 3.8) is 0 Å². The van der Waals surface area contributed by atoms with Gasteiger partial charge in [-0.1, -0.05) is 25.0 Å². The number of likely N-dealkylation sites (tertiary alicyclic amines) is 1. The molecule has 1 amide bonds. The molecule has 1 heterocycles. The molecule has 1 saturated carbocycles. The maximum absolute atomic E-state index is 13.2. The molecule has 1 aliphatic heterocycles. The predicted octanol–water partition coefficient (Wildman–Crippen LogP) is 4.52. The molecule has 0 aromatic heterocycles. The Morgan fingerprint density at radius 2 is 1.90 bits per heavy atom. The van der Waals surface area contributed by atoms with E-state index in [4.69, 9.17) is 9.47 Å². The molecule has 1 aliphatic carbocycles. The van der Waals surface area contributed by atoms with Crippen molar-refractivity contribution < 1.29 is 14.3 Å². The van der Waals surface area contributed by atoms with Crippen LogP contribution >= 0.6 is 0 Å². The molecule has 0 bridgehead atoms. The lowest BCUT2D eigenvalue weighted by Gasteiger charge is -2.36. The van der Waals surface area contributed by atoms with E-state index in [-0.39, 0.29) is 12.0 Å². The standard InChI is InChI=1S/C24H36N2O3/c1-5-25(17-18(2)3)24(27)22-16-21(28-4)10-11-23(22)29-20-12-14-26(15-13-20)19-8-6-7-9-19/h10-11,16,19-20H,2,5-9,12-15,17H2,1,3-4H3. The summed E-state index contributed by atoms with van der Waals surface area (Å²) >= 11 is 0. The first-order chi connectivity index (χ1) is 14.0. The Kier molecular flexibility index (Phi) is 7.59. The van der Waals surface area contributed by atoms with Crippen LogP contribution in [0.5, 0.6) is 11.5 Å². The van der Waals surface area contributed by atoms with Crippen LogP contribution in [0, 0.1) is 0 Å². The summed E-state index contributed by atoms with van der Waals surface area (Å²) in [5, 5.41) is 0. The zero-order chi connectivity index (χ0) is 20.8. The van der Waals surface area contributed by atoms with E-state index in [9.17, 15) is 4.79 Å². The highest BCUT2D eigenvalue weighted by Crippen LogP contribution is 2.30. The molecular formula is C24H36N2O3. The van der Waals surface area contributed by atoms with Crippen LogP contribution in [-0.2, 0) is 0 Å². The van der Waals surface area contributed by atoms with Gasteiger partial charge in [0.2, 0.25) is 0 Å². The van der Waals surface area contributed by atoms with E-state index >= 15 is 0 Å². The normalized spacial score (nSPS) is 18.6. The summed E-state index contributed by atoms with van der Waals surface area (Å²) in [5.74, 6) is 1.30. The lowest BCUT2D eigenvalue weighted by Crippen LogP contribution is -2.43. The number of carbonyl (C=O) groups is 1. The number of hydrogen-bond acceptors (Lipinski definition) is 4. The predicted molar refractivity (Wildman–Crippen MR) is 117 cm³/mol. The smallest absolute Gasteiger partial charge is 0.258 e. The minimum atomic E-state index is -0.0345. The van der Waals surface area contributed by atoms with Crippen molar-refractivity contribution in [2.75, 3.05) is 33.3 Å². The number of methoxy groups -OCH3 is 1. The zero-order valence-corrected chi connectivity index (χ0v) is 18.3. The topological polar surface area (TPSA) is 42.0 Å². The second-order valence-electron chi connectivity index (χ2n) is 8.43. The van der Waals surface area contributed by atoms with Crippen LogP contribution < -0.4 is 9.47 Å². The van der Waals surface area contributed by atoms with Crippen molar-refractivity contribution in [1.29, 1.82) is 0 Å². The van der Waals surface area contributed by atoms with Crippen molar-refractivity contribution in [3.05, 3.63) is 35.9 Å². The molecule has 5 nitrogen and oxygen atoms in total. The van der Waals surface area contributed by atoms with Gasteiger partial charge in [-0.3, -0.25) is 4.79 Å². The van der Waals surface area contributed by atoms with Gasteiger partial charge in [0.1, 0.15) is 17.6 Å². The van der Waals surface area contributed by atoms with Gasteiger partial charge in [-0.25, -0.2) is 0 Å². The molecule has 0 N–H and O–H groups in total. The van der Waals surface area contributed by atoms with Crippen LogP contribution in [0.1, 0.15) is 62.7 Å². The Hall–Kier alpha value is -2.01. The lowest BCUT2D eigenvalue weighted by molar-refractivity contribution is 0.0706. The summed E-state index contributed by atoms with van der Waals surface area (Å²) in [4.78, 5) is 17.6. The molecule has 3 rings (SSSR count). The van der Waals surface area contributed by atoms with Crippen LogP contribution in [0.3, 0.4) is 0 Å². The number of piperidine rings is 1. The van der Waals surface area contributed by atoms with Gasteiger partial charge in [0, 0.05) is 32.2 Å². The number of amides is 1. The lowest BCUT2D eigenvalue weighted by atomic mass is 10.0. The van der Waals surface area contributed by atoms with Crippen LogP contribution in [-0.4, -0.2) is 61.1 Å². The second-order valence-corrected chi connectivity index (χ2v) is 8.43. The van der Waals surface area contributed by atoms with E-state index in [1.54, 1.807) is 18.1 Å². The van der Waals surface area contributed by atoms with Crippen LogP contribution in [0.15, 0.2) is 30.4 Å². The van der Waals surface area contributed by atoms with Gasteiger partial charge >= 0.3 is 0 Å². The molecule has 160 valence electrons. The summed E-state index contributed by atoms with van der Waals surface area (Å²) in [6.07, 6.45) is 7.62. The van der Waals surface area contributed by atoms with Gasteiger partial charge in [-0.15, -0.1) is 0 Å². The third-order valence-corrected chi connectivity index (χ3v) is 6.16. The first-order valence-electron chi connectivity index (χ1n) is 11.0. The number of hydrogen-bond donors (Lipinski definition) is 0. The van der Waals surface area contributed by atoms with Crippen molar-refractivity contribution >= 4 is 5.91 Å².